The zero-order chi connectivity index (χ0) is 24.3. The van der Waals surface area contributed by atoms with Crippen molar-refractivity contribution >= 4 is 23.4 Å². The number of hydrogen-bond acceptors (Lipinski definition) is 9. The van der Waals surface area contributed by atoms with E-state index in [4.69, 9.17) is 25.8 Å². The number of H-pyrrole nitrogens is 1. The van der Waals surface area contributed by atoms with Gasteiger partial charge in [-0.3, -0.25) is 24.5 Å². The Labute approximate surface area is 191 Å². The summed E-state index contributed by atoms with van der Waals surface area (Å²) in [4.78, 5) is 48.7. The van der Waals surface area contributed by atoms with Crippen LogP contribution in [0.15, 0.2) is 34.0 Å². The highest BCUT2D eigenvalue weighted by atomic mass is 35.5. The molecule has 0 amide bonds. The topological polar surface area (TPSA) is 163 Å². The van der Waals surface area contributed by atoms with Crippen molar-refractivity contribution in [1.29, 1.82) is 0 Å². The molecule has 0 spiro atoms. The first kappa shape index (κ1) is 24.4. The third-order valence-electron chi connectivity index (χ3n) is 5.23. The molecule has 2 N–H and O–H groups in total. The number of nitrogens with one attached hydrogen (secondary N) is 1. The minimum atomic E-state index is -1.07. The van der Waals surface area contributed by atoms with Gasteiger partial charge >= 0.3 is 11.8 Å². The van der Waals surface area contributed by atoms with Crippen LogP contribution in [0.5, 0.6) is 0 Å². The Kier molecular flexibility index (Phi) is 7.51. The lowest BCUT2D eigenvalue weighted by molar-refractivity contribution is -0.385. The molecule has 13 heteroatoms. The molecule has 178 valence electrons. The number of carbonyl (C=O) groups excluding carboxylic acids is 1. The summed E-state index contributed by atoms with van der Waals surface area (Å²) in [6.07, 6.45) is -2.45. The minimum absolute atomic E-state index is 0.0288. The van der Waals surface area contributed by atoms with Gasteiger partial charge in [-0.05, 0) is 19.1 Å². The molecule has 3 rings (SSSR count). The van der Waals surface area contributed by atoms with Gasteiger partial charge in [0.15, 0.2) is 0 Å². The summed E-state index contributed by atoms with van der Waals surface area (Å²) in [7, 11) is 0. The van der Waals surface area contributed by atoms with Crippen LogP contribution in [0.3, 0.4) is 0 Å². The number of aromatic nitrogens is 2. The van der Waals surface area contributed by atoms with Crippen molar-refractivity contribution in [3.63, 3.8) is 0 Å². The molecule has 0 radical (unpaired) electrons. The van der Waals surface area contributed by atoms with Gasteiger partial charge in [-0.2, -0.15) is 0 Å². The fraction of sp³-hybridized carbons (Fsp3) is 0.450. The number of hydrogen-bond donors (Lipinski definition) is 2. The van der Waals surface area contributed by atoms with E-state index in [0.29, 0.717) is 10.6 Å². The van der Waals surface area contributed by atoms with E-state index in [0.717, 1.165) is 4.57 Å². The van der Waals surface area contributed by atoms with E-state index in [9.17, 15) is 29.6 Å². The van der Waals surface area contributed by atoms with Gasteiger partial charge < -0.3 is 19.3 Å². The van der Waals surface area contributed by atoms with E-state index >= 15 is 0 Å². The van der Waals surface area contributed by atoms with Gasteiger partial charge in [0.1, 0.15) is 25.0 Å². The van der Waals surface area contributed by atoms with Crippen LogP contribution >= 0.6 is 11.6 Å². The predicted molar refractivity (Wildman–Crippen MR) is 114 cm³/mol. The molecule has 1 unspecified atom stereocenters. The van der Waals surface area contributed by atoms with E-state index in [1.807, 2.05) is 0 Å². The van der Waals surface area contributed by atoms with E-state index < -0.39 is 53.3 Å². The first-order valence-electron chi connectivity index (χ1n) is 9.96. The average Bonchev–Trinajstić information content (AvgIpc) is 3.16. The standard InChI is InChI=1S/C20H22ClN3O9/c1-10-7-23(19(27)22-18(10)26)17-6-15(16(8-25)32-17)33-20(28)31-9-11(2)13-5-12(21)3-4-14(13)24(29)30/h3-5,7,11,15-17,25H,6,8-9H2,1-2H3,(H,22,26,27)/t11?,15-,16+,17+/m0/s1. The molecule has 1 aliphatic rings. The highest BCUT2D eigenvalue weighted by molar-refractivity contribution is 6.30. The van der Waals surface area contributed by atoms with E-state index in [1.165, 1.54) is 31.3 Å². The average molecular weight is 484 g/mol. The number of aliphatic hydroxyl groups is 1. The molecule has 12 nitrogen and oxygen atoms in total. The quantitative estimate of drug-likeness (QED) is 0.340. The lowest BCUT2D eigenvalue weighted by Crippen LogP contribution is -2.33. The third-order valence-corrected chi connectivity index (χ3v) is 5.47. The molecule has 1 fully saturated rings. The Morgan fingerprint density at radius 1 is 1.45 bits per heavy atom. The lowest BCUT2D eigenvalue weighted by Gasteiger charge is -2.17. The van der Waals surface area contributed by atoms with Crippen LogP contribution in [0.25, 0.3) is 0 Å². The summed E-state index contributed by atoms with van der Waals surface area (Å²) in [5.41, 5.74) is -0.805. The summed E-state index contributed by atoms with van der Waals surface area (Å²) in [6.45, 7) is 2.43. The van der Waals surface area contributed by atoms with Gasteiger partial charge in [0, 0.05) is 40.8 Å². The molecule has 1 aliphatic heterocycles. The number of benzene rings is 1. The second kappa shape index (κ2) is 10.1. The van der Waals surface area contributed by atoms with Crippen LogP contribution in [-0.2, 0) is 14.2 Å². The molecule has 0 saturated carbocycles. The van der Waals surface area contributed by atoms with Crippen LogP contribution < -0.4 is 11.2 Å². The number of aromatic amines is 1. The molecule has 2 aromatic rings. The van der Waals surface area contributed by atoms with Crippen molar-refractivity contribution < 1.29 is 29.0 Å². The van der Waals surface area contributed by atoms with E-state index in [2.05, 4.69) is 4.98 Å². The van der Waals surface area contributed by atoms with Crippen molar-refractivity contribution in [2.24, 2.45) is 0 Å². The van der Waals surface area contributed by atoms with Crippen molar-refractivity contribution in [3.05, 3.63) is 71.5 Å². The number of aliphatic hydroxyl groups excluding tert-OH is 1. The van der Waals surface area contributed by atoms with Crippen LogP contribution in [-0.4, -0.2) is 51.2 Å². The molecule has 1 saturated heterocycles. The summed E-state index contributed by atoms with van der Waals surface area (Å²) in [5, 5.41) is 21.1. The monoisotopic (exact) mass is 483 g/mol. The van der Waals surface area contributed by atoms with Gasteiger partial charge in [0.05, 0.1) is 11.5 Å². The molecule has 4 atom stereocenters. The second-order valence-electron chi connectivity index (χ2n) is 7.60. The van der Waals surface area contributed by atoms with E-state index in [-0.39, 0.29) is 24.3 Å². The number of halogens is 1. The Balaban J connectivity index is 1.64. The number of rotatable bonds is 7. The van der Waals surface area contributed by atoms with Crippen LogP contribution in [0, 0.1) is 17.0 Å². The van der Waals surface area contributed by atoms with Crippen LogP contribution in [0.4, 0.5) is 10.5 Å². The number of aryl methyl sites for hydroxylation is 1. The maximum absolute atomic E-state index is 12.2. The van der Waals surface area contributed by atoms with Gasteiger partial charge in [-0.15, -0.1) is 0 Å². The summed E-state index contributed by atoms with van der Waals surface area (Å²) >= 11 is 5.93. The predicted octanol–water partition coefficient (Wildman–Crippen LogP) is 2.01. The van der Waals surface area contributed by atoms with Crippen LogP contribution in [0.2, 0.25) is 5.02 Å². The Morgan fingerprint density at radius 3 is 2.85 bits per heavy atom. The summed E-state index contributed by atoms with van der Waals surface area (Å²) < 4.78 is 17.1. The molecule has 2 heterocycles. The normalized spacial score (nSPS) is 20.9. The largest absolute Gasteiger partial charge is 0.508 e. The number of ether oxygens (including phenoxy) is 3. The Hall–Kier alpha value is -3.22. The Bertz CT molecular complexity index is 1160. The molecular weight excluding hydrogens is 462 g/mol. The highest BCUT2D eigenvalue weighted by Crippen LogP contribution is 2.31. The van der Waals surface area contributed by atoms with Gasteiger partial charge in [-0.25, -0.2) is 9.59 Å². The number of nitro benzene ring substituents is 1. The van der Waals surface area contributed by atoms with Crippen molar-refractivity contribution in [1.82, 2.24) is 9.55 Å². The summed E-state index contributed by atoms with van der Waals surface area (Å²) in [6, 6.07) is 4.10. The Morgan fingerprint density at radius 2 is 2.18 bits per heavy atom. The smallest absolute Gasteiger partial charge is 0.434 e. The first-order chi connectivity index (χ1) is 15.6. The number of nitro groups is 1. The van der Waals surface area contributed by atoms with Gasteiger partial charge in [-0.1, -0.05) is 18.5 Å². The second-order valence-corrected chi connectivity index (χ2v) is 8.04. The van der Waals surface area contributed by atoms with Gasteiger partial charge in [0.25, 0.3) is 11.2 Å². The van der Waals surface area contributed by atoms with Crippen molar-refractivity contribution in [3.8, 4) is 0 Å². The molecule has 0 aliphatic carbocycles. The zero-order valence-corrected chi connectivity index (χ0v) is 18.5. The molecule has 0 bridgehead atoms. The molecule has 1 aromatic carbocycles. The SMILES string of the molecule is Cc1cn([C@H]2C[C@H](OC(=O)OCC(C)c3cc(Cl)ccc3[N+](=O)[O-])[C@@H](CO)O2)c(=O)[nH]c1=O. The van der Waals surface area contributed by atoms with Crippen LogP contribution in [0.1, 0.15) is 36.6 Å². The van der Waals surface area contributed by atoms with Crippen molar-refractivity contribution in [2.75, 3.05) is 13.2 Å². The zero-order valence-electron chi connectivity index (χ0n) is 17.7. The lowest BCUT2D eigenvalue weighted by atomic mass is 10.0. The number of carbonyl (C=O) groups is 1. The highest BCUT2D eigenvalue weighted by Gasteiger charge is 2.39. The van der Waals surface area contributed by atoms with Crippen molar-refractivity contribution in [2.45, 2.75) is 44.6 Å². The minimum Gasteiger partial charge on any atom is -0.434 e. The maximum Gasteiger partial charge on any atom is 0.508 e. The molecule has 33 heavy (non-hydrogen) atoms. The number of nitrogens with zero attached hydrogens (tertiary/aromatic N) is 2. The van der Waals surface area contributed by atoms with E-state index in [1.54, 1.807) is 6.92 Å². The van der Waals surface area contributed by atoms with Gasteiger partial charge in [0.2, 0.25) is 0 Å². The maximum atomic E-state index is 12.2. The molecule has 1 aromatic heterocycles. The molecular formula is C20H22ClN3O9. The fourth-order valence-electron chi connectivity index (χ4n) is 3.49. The first-order valence-corrected chi connectivity index (χ1v) is 10.3. The summed E-state index contributed by atoms with van der Waals surface area (Å²) in [5.74, 6) is -0.555. The fourth-order valence-corrected chi connectivity index (χ4v) is 3.67. The third kappa shape index (κ3) is 5.59.